The molecule has 0 bridgehead atoms. The molecule has 0 aliphatic carbocycles. The first-order chi connectivity index (χ1) is 8.16. The van der Waals surface area contributed by atoms with E-state index in [2.05, 4.69) is 14.7 Å². The highest BCUT2D eigenvalue weighted by Crippen LogP contribution is 2.10. The SMILES string of the molecule is O=C(Oc1cccnc1)c1cc(C(=O)O)on1. The Kier molecular flexibility index (Phi) is 2.82. The highest BCUT2D eigenvalue weighted by Gasteiger charge is 2.18. The molecule has 0 spiro atoms. The van der Waals surface area contributed by atoms with Crippen LogP contribution in [0.5, 0.6) is 5.75 Å². The van der Waals surface area contributed by atoms with Crippen LogP contribution in [0, 0.1) is 0 Å². The lowest BCUT2D eigenvalue weighted by Crippen LogP contribution is -2.08. The monoisotopic (exact) mass is 234 g/mol. The summed E-state index contributed by atoms with van der Waals surface area (Å²) < 4.78 is 9.30. The maximum Gasteiger partial charge on any atom is 0.374 e. The first-order valence-electron chi connectivity index (χ1n) is 4.49. The lowest BCUT2D eigenvalue weighted by Gasteiger charge is -1.99. The smallest absolute Gasteiger partial charge is 0.374 e. The van der Waals surface area contributed by atoms with Crippen molar-refractivity contribution in [1.82, 2.24) is 10.1 Å². The number of hydrogen-bond acceptors (Lipinski definition) is 6. The number of aromatic nitrogens is 2. The van der Waals surface area contributed by atoms with Crippen LogP contribution in [0.25, 0.3) is 0 Å². The number of carboxylic acids is 1. The van der Waals surface area contributed by atoms with E-state index in [-0.39, 0.29) is 11.4 Å². The molecule has 2 heterocycles. The van der Waals surface area contributed by atoms with Crippen LogP contribution in [0.1, 0.15) is 21.0 Å². The van der Waals surface area contributed by atoms with Gasteiger partial charge in [0, 0.05) is 12.3 Å². The molecular formula is C10H6N2O5. The molecule has 0 radical (unpaired) electrons. The van der Waals surface area contributed by atoms with Crippen molar-refractivity contribution < 1.29 is 24.0 Å². The molecule has 0 unspecified atom stereocenters. The first-order valence-corrected chi connectivity index (χ1v) is 4.49. The zero-order valence-electron chi connectivity index (χ0n) is 8.36. The van der Waals surface area contributed by atoms with Crippen molar-refractivity contribution in [2.24, 2.45) is 0 Å². The summed E-state index contributed by atoms with van der Waals surface area (Å²) in [5, 5.41) is 11.9. The van der Waals surface area contributed by atoms with Gasteiger partial charge in [0.15, 0.2) is 5.69 Å². The number of carboxylic acid groups (broad SMARTS) is 1. The van der Waals surface area contributed by atoms with E-state index in [1.807, 2.05) is 0 Å². The van der Waals surface area contributed by atoms with E-state index in [0.717, 1.165) is 6.07 Å². The molecule has 7 heteroatoms. The molecule has 2 aromatic heterocycles. The van der Waals surface area contributed by atoms with Crippen molar-refractivity contribution in [2.75, 3.05) is 0 Å². The number of rotatable bonds is 3. The lowest BCUT2D eigenvalue weighted by atomic mass is 10.3. The summed E-state index contributed by atoms with van der Waals surface area (Å²) in [6.07, 6.45) is 2.87. The summed E-state index contributed by atoms with van der Waals surface area (Å²) in [5.41, 5.74) is -0.216. The molecule has 2 rings (SSSR count). The van der Waals surface area contributed by atoms with Gasteiger partial charge in [-0.3, -0.25) is 4.98 Å². The number of carbonyl (C=O) groups is 2. The molecule has 0 aliphatic heterocycles. The number of pyridine rings is 1. The highest BCUT2D eigenvalue weighted by molar-refractivity contribution is 5.92. The minimum atomic E-state index is -1.31. The number of nitrogens with zero attached hydrogens (tertiary/aromatic N) is 2. The van der Waals surface area contributed by atoms with Gasteiger partial charge in [0.2, 0.25) is 5.76 Å². The van der Waals surface area contributed by atoms with E-state index in [0.29, 0.717) is 0 Å². The van der Waals surface area contributed by atoms with E-state index in [4.69, 9.17) is 9.84 Å². The van der Waals surface area contributed by atoms with E-state index in [9.17, 15) is 9.59 Å². The van der Waals surface area contributed by atoms with Gasteiger partial charge in [0.1, 0.15) is 5.75 Å². The third-order valence-electron chi connectivity index (χ3n) is 1.78. The molecular weight excluding hydrogens is 228 g/mol. The Balaban J connectivity index is 2.12. The van der Waals surface area contributed by atoms with Gasteiger partial charge in [0.05, 0.1) is 6.20 Å². The minimum absolute atomic E-state index is 0.216. The second-order valence-electron chi connectivity index (χ2n) is 2.96. The van der Waals surface area contributed by atoms with Crippen molar-refractivity contribution in [1.29, 1.82) is 0 Å². The van der Waals surface area contributed by atoms with Crippen LogP contribution >= 0.6 is 0 Å². The van der Waals surface area contributed by atoms with Crippen molar-refractivity contribution in [3.63, 3.8) is 0 Å². The van der Waals surface area contributed by atoms with Gasteiger partial charge in [-0.1, -0.05) is 5.16 Å². The number of aromatic carboxylic acids is 1. The Labute approximate surface area is 94.6 Å². The Hall–Kier alpha value is -2.70. The molecule has 86 valence electrons. The summed E-state index contributed by atoms with van der Waals surface area (Å²) in [6.45, 7) is 0. The van der Waals surface area contributed by atoms with Crippen LogP contribution < -0.4 is 4.74 Å². The highest BCUT2D eigenvalue weighted by atomic mass is 16.5. The lowest BCUT2D eigenvalue weighted by molar-refractivity contribution is 0.0647. The van der Waals surface area contributed by atoms with Crippen molar-refractivity contribution >= 4 is 11.9 Å². The summed E-state index contributed by atoms with van der Waals surface area (Å²) in [5.74, 6) is -2.31. The molecule has 1 N–H and O–H groups in total. The fraction of sp³-hybridized carbons (Fsp3) is 0. The predicted octanol–water partition coefficient (Wildman–Crippen LogP) is 0.987. The average molecular weight is 234 g/mol. The van der Waals surface area contributed by atoms with Crippen LogP contribution in [-0.4, -0.2) is 27.2 Å². The third kappa shape index (κ3) is 2.46. The van der Waals surface area contributed by atoms with Crippen LogP contribution in [0.2, 0.25) is 0 Å². The standard InChI is InChI=1S/C10H6N2O5/c13-9(14)8-4-7(12-17-8)10(15)16-6-2-1-3-11-5-6/h1-5H,(H,13,14). The zero-order valence-corrected chi connectivity index (χ0v) is 8.36. The summed E-state index contributed by atoms with van der Waals surface area (Å²) in [6, 6.07) is 4.11. The Morgan fingerprint density at radius 1 is 1.41 bits per heavy atom. The first kappa shape index (κ1) is 10.8. The van der Waals surface area contributed by atoms with Gasteiger partial charge in [-0.2, -0.15) is 0 Å². The number of hydrogen-bond donors (Lipinski definition) is 1. The summed E-state index contributed by atoms with van der Waals surface area (Å²) >= 11 is 0. The molecule has 0 aromatic carbocycles. The van der Waals surface area contributed by atoms with E-state index in [1.54, 1.807) is 6.07 Å². The van der Waals surface area contributed by atoms with Gasteiger partial charge in [-0.25, -0.2) is 9.59 Å². The fourth-order valence-corrected chi connectivity index (χ4v) is 1.04. The number of carbonyl (C=O) groups excluding carboxylic acids is 1. The molecule has 0 fully saturated rings. The van der Waals surface area contributed by atoms with E-state index >= 15 is 0 Å². The topological polar surface area (TPSA) is 103 Å². The zero-order chi connectivity index (χ0) is 12.3. The second-order valence-corrected chi connectivity index (χ2v) is 2.96. The predicted molar refractivity (Wildman–Crippen MR) is 52.7 cm³/mol. The molecule has 2 aromatic rings. The Bertz CT molecular complexity index is 549. The summed E-state index contributed by atoms with van der Waals surface area (Å²) in [4.78, 5) is 25.7. The fourth-order valence-electron chi connectivity index (χ4n) is 1.04. The van der Waals surface area contributed by atoms with Crippen LogP contribution in [-0.2, 0) is 0 Å². The third-order valence-corrected chi connectivity index (χ3v) is 1.78. The summed E-state index contributed by atoms with van der Waals surface area (Å²) in [7, 11) is 0. The average Bonchev–Trinajstić information content (AvgIpc) is 2.79. The molecule has 0 saturated heterocycles. The maximum atomic E-state index is 11.5. The van der Waals surface area contributed by atoms with Gasteiger partial charge in [0.25, 0.3) is 0 Å². The van der Waals surface area contributed by atoms with Crippen molar-refractivity contribution in [3.05, 3.63) is 42.0 Å². The van der Waals surface area contributed by atoms with Crippen LogP contribution in [0.4, 0.5) is 0 Å². The molecule has 0 atom stereocenters. The van der Waals surface area contributed by atoms with Gasteiger partial charge >= 0.3 is 11.9 Å². The van der Waals surface area contributed by atoms with E-state index < -0.39 is 17.7 Å². The minimum Gasteiger partial charge on any atom is -0.475 e. The molecule has 0 aliphatic rings. The molecule has 0 saturated carbocycles. The van der Waals surface area contributed by atoms with Crippen molar-refractivity contribution in [3.8, 4) is 5.75 Å². The Morgan fingerprint density at radius 2 is 2.24 bits per heavy atom. The quantitative estimate of drug-likeness (QED) is 0.789. The van der Waals surface area contributed by atoms with E-state index in [1.165, 1.54) is 18.5 Å². The number of ether oxygens (including phenoxy) is 1. The van der Waals surface area contributed by atoms with Crippen LogP contribution in [0.3, 0.4) is 0 Å². The van der Waals surface area contributed by atoms with Crippen molar-refractivity contribution in [2.45, 2.75) is 0 Å². The van der Waals surface area contributed by atoms with Gasteiger partial charge in [-0.15, -0.1) is 0 Å². The molecule has 0 amide bonds. The maximum absolute atomic E-state index is 11.5. The Morgan fingerprint density at radius 3 is 2.82 bits per heavy atom. The second kappa shape index (κ2) is 4.44. The number of esters is 1. The van der Waals surface area contributed by atoms with Gasteiger partial charge < -0.3 is 14.4 Å². The largest absolute Gasteiger partial charge is 0.475 e. The molecule has 7 nitrogen and oxygen atoms in total. The normalized spacial score (nSPS) is 9.88. The van der Waals surface area contributed by atoms with Gasteiger partial charge in [-0.05, 0) is 12.1 Å². The molecule has 17 heavy (non-hydrogen) atoms. The van der Waals surface area contributed by atoms with Crippen LogP contribution in [0.15, 0.2) is 35.1 Å².